The molecule has 0 spiro atoms. The number of likely N-dealkylation sites (tertiary alicyclic amines) is 1. The summed E-state index contributed by atoms with van der Waals surface area (Å²) >= 11 is 0. The minimum absolute atomic E-state index is 0.105. The number of pyridine rings is 1. The van der Waals surface area contributed by atoms with Crippen molar-refractivity contribution in [3.63, 3.8) is 0 Å². The molecular weight excluding hydrogens is 326 g/mol. The highest BCUT2D eigenvalue weighted by molar-refractivity contribution is 5.99. The van der Waals surface area contributed by atoms with E-state index in [4.69, 9.17) is 4.74 Å². The monoisotopic (exact) mass is 349 g/mol. The van der Waals surface area contributed by atoms with E-state index in [0.29, 0.717) is 5.56 Å². The van der Waals surface area contributed by atoms with Gasteiger partial charge in [0.25, 0.3) is 5.91 Å². The fourth-order valence-corrected chi connectivity index (χ4v) is 3.65. The van der Waals surface area contributed by atoms with E-state index in [-0.39, 0.29) is 5.91 Å². The van der Waals surface area contributed by atoms with Gasteiger partial charge in [0.05, 0.1) is 12.7 Å². The van der Waals surface area contributed by atoms with Crippen molar-refractivity contribution in [2.45, 2.75) is 26.2 Å². The average molecular weight is 349 g/mol. The third kappa shape index (κ3) is 2.83. The van der Waals surface area contributed by atoms with Crippen LogP contribution in [0.25, 0.3) is 16.7 Å². The topological polar surface area (TPSA) is 47.4 Å². The molecule has 2 aromatic heterocycles. The van der Waals surface area contributed by atoms with Gasteiger partial charge in [-0.1, -0.05) is 0 Å². The molecule has 26 heavy (non-hydrogen) atoms. The fourth-order valence-electron chi connectivity index (χ4n) is 3.65. The van der Waals surface area contributed by atoms with Gasteiger partial charge in [0.1, 0.15) is 11.4 Å². The van der Waals surface area contributed by atoms with E-state index in [0.717, 1.165) is 54.0 Å². The molecule has 134 valence electrons. The van der Waals surface area contributed by atoms with Crippen LogP contribution in [0.5, 0.6) is 5.75 Å². The van der Waals surface area contributed by atoms with Crippen molar-refractivity contribution >= 4 is 16.9 Å². The fraction of sp³-hybridized carbons (Fsp3) is 0.333. The molecule has 5 nitrogen and oxygen atoms in total. The van der Waals surface area contributed by atoms with Gasteiger partial charge in [-0.05, 0) is 62.1 Å². The van der Waals surface area contributed by atoms with E-state index in [2.05, 4.69) is 4.98 Å². The first-order valence-corrected chi connectivity index (χ1v) is 9.09. The number of piperidine rings is 1. The summed E-state index contributed by atoms with van der Waals surface area (Å²) in [5.74, 6) is 0.928. The van der Waals surface area contributed by atoms with Crippen LogP contribution in [0.2, 0.25) is 0 Å². The lowest BCUT2D eigenvalue weighted by molar-refractivity contribution is 0.0723. The number of aryl methyl sites for hydroxylation is 1. The zero-order valence-corrected chi connectivity index (χ0v) is 15.2. The summed E-state index contributed by atoms with van der Waals surface area (Å²) in [6.45, 7) is 3.71. The number of aromatic nitrogens is 2. The van der Waals surface area contributed by atoms with Crippen molar-refractivity contribution in [2.24, 2.45) is 0 Å². The van der Waals surface area contributed by atoms with Gasteiger partial charge < -0.3 is 14.2 Å². The van der Waals surface area contributed by atoms with Crippen LogP contribution in [-0.4, -0.2) is 40.6 Å². The molecule has 0 bridgehead atoms. The Balaban J connectivity index is 1.71. The van der Waals surface area contributed by atoms with Crippen molar-refractivity contribution in [1.29, 1.82) is 0 Å². The van der Waals surface area contributed by atoms with E-state index >= 15 is 0 Å². The molecule has 0 radical (unpaired) electrons. The number of hydrogen-bond acceptors (Lipinski definition) is 3. The third-order valence-corrected chi connectivity index (χ3v) is 5.21. The highest BCUT2D eigenvalue weighted by Gasteiger charge is 2.21. The van der Waals surface area contributed by atoms with Crippen LogP contribution in [0.3, 0.4) is 0 Å². The lowest BCUT2D eigenvalue weighted by atomic mass is 10.1. The van der Waals surface area contributed by atoms with Crippen molar-refractivity contribution < 1.29 is 9.53 Å². The van der Waals surface area contributed by atoms with Crippen LogP contribution in [0.15, 0.2) is 42.7 Å². The molecule has 5 heteroatoms. The Kier molecular flexibility index (Phi) is 4.37. The molecule has 3 aromatic rings. The summed E-state index contributed by atoms with van der Waals surface area (Å²) in [4.78, 5) is 19.5. The largest absolute Gasteiger partial charge is 0.497 e. The second-order valence-corrected chi connectivity index (χ2v) is 6.77. The molecule has 1 aromatic carbocycles. The second-order valence-electron chi connectivity index (χ2n) is 6.77. The van der Waals surface area contributed by atoms with Crippen LogP contribution in [0.4, 0.5) is 0 Å². The zero-order valence-electron chi connectivity index (χ0n) is 15.2. The second kappa shape index (κ2) is 6.83. The van der Waals surface area contributed by atoms with Gasteiger partial charge >= 0.3 is 0 Å². The molecule has 1 aliphatic rings. The Morgan fingerprint density at radius 2 is 1.81 bits per heavy atom. The number of rotatable bonds is 3. The van der Waals surface area contributed by atoms with Crippen molar-refractivity contribution in [3.05, 3.63) is 53.9 Å². The molecule has 0 saturated carbocycles. The molecule has 0 unspecified atom stereocenters. The molecule has 1 fully saturated rings. The molecule has 1 aliphatic heterocycles. The Morgan fingerprint density at radius 3 is 2.50 bits per heavy atom. The number of nitrogens with zero attached hydrogens (tertiary/aromatic N) is 3. The zero-order chi connectivity index (χ0) is 18.1. The van der Waals surface area contributed by atoms with E-state index in [1.807, 2.05) is 52.9 Å². The first-order chi connectivity index (χ1) is 12.7. The molecule has 3 heterocycles. The standard InChI is InChI=1S/C21H23N3O2/c1-15-18-10-13-24(16-6-8-17(26-2)9-7-16)20(18)22-14-19(15)21(25)23-11-4-3-5-12-23/h6-10,13-14H,3-5,11-12H2,1-2H3. The van der Waals surface area contributed by atoms with Gasteiger partial charge in [0.2, 0.25) is 0 Å². The first kappa shape index (κ1) is 16.6. The maximum Gasteiger partial charge on any atom is 0.255 e. The van der Waals surface area contributed by atoms with Crippen LogP contribution in [0.1, 0.15) is 35.2 Å². The summed E-state index contributed by atoms with van der Waals surface area (Å²) < 4.78 is 7.26. The summed E-state index contributed by atoms with van der Waals surface area (Å²) in [7, 11) is 1.66. The minimum atomic E-state index is 0.105. The van der Waals surface area contributed by atoms with Crippen molar-refractivity contribution in [2.75, 3.05) is 20.2 Å². The van der Waals surface area contributed by atoms with Crippen LogP contribution in [0, 0.1) is 6.92 Å². The van der Waals surface area contributed by atoms with Crippen molar-refractivity contribution in [3.8, 4) is 11.4 Å². The number of benzene rings is 1. The molecule has 0 N–H and O–H groups in total. The van der Waals surface area contributed by atoms with E-state index in [1.165, 1.54) is 6.42 Å². The smallest absolute Gasteiger partial charge is 0.255 e. The van der Waals surface area contributed by atoms with Gasteiger partial charge in [-0.25, -0.2) is 4.98 Å². The predicted octanol–water partition coefficient (Wildman–Crippen LogP) is 3.97. The molecule has 4 rings (SSSR count). The lowest BCUT2D eigenvalue weighted by Gasteiger charge is -2.27. The summed E-state index contributed by atoms with van der Waals surface area (Å²) in [5, 5.41) is 1.02. The minimum Gasteiger partial charge on any atom is -0.497 e. The van der Waals surface area contributed by atoms with E-state index in [1.54, 1.807) is 13.3 Å². The number of carbonyl (C=O) groups excluding carboxylic acids is 1. The normalized spacial score (nSPS) is 14.6. The Bertz CT molecular complexity index is 938. The number of ether oxygens (including phenoxy) is 1. The third-order valence-electron chi connectivity index (χ3n) is 5.21. The molecule has 0 atom stereocenters. The summed E-state index contributed by atoms with van der Waals surface area (Å²) in [6.07, 6.45) is 7.13. The van der Waals surface area contributed by atoms with Gasteiger partial charge in [-0.3, -0.25) is 4.79 Å². The Labute approximate surface area is 153 Å². The average Bonchev–Trinajstić information content (AvgIpc) is 3.13. The molecule has 1 amide bonds. The summed E-state index contributed by atoms with van der Waals surface area (Å²) in [5.41, 5.74) is 3.59. The molecule has 1 saturated heterocycles. The first-order valence-electron chi connectivity index (χ1n) is 9.09. The SMILES string of the molecule is COc1ccc(-n2ccc3c(C)c(C(=O)N4CCCCC4)cnc32)cc1. The highest BCUT2D eigenvalue weighted by atomic mass is 16.5. The van der Waals surface area contributed by atoms with Crippen LogP contribution in [-0.2, 0) is 0 Å². The number of methoxy groups -OCH3 is 1. The number of hydrogen-bond donors (Lipinski definition) is 0. The van der Waals surface area contributed by atoms with E-state index in [9.17, 15) is 4.79 Å². The molecular formula is C21H23N3O2. The van der Waals surface area contributed by atoms with Gasteiger partial charge in [0, 0.05) is 36.6 Å². The van der Waals surface area contributed by atoms with Crippen LogP contribution < -0.4 is 4.74 Å². The van der Waals surface area contributed by atoms with Gasteiger partial charge in [-0.15, -0.1) is 0 Å². The van der Waals surface area contributed by atoms with Crippen molar-refractivity contribution in [1.82, 2.24) is 14.5 Å². The van der Waals surface area contributed by atoms with Gasteiger partial charge in [0.15, 0.2) is 0 Å². The number of amides is 1. The Hall–Kier alpha value is -2.82. The predicted molar refractivity (Wildman–Crippen MR) is 102 cm³/mol. The maximum absolute atomic E-state index is 12.9. The quantitative estimate of drug-likeness (QED) is 0.719. The summed E-state index contributed by atoms with van der Waals surface area (Å²) in [6, 6.07) is 9.91. The van der Waals surface area contributed by atoms with Crippen LogP contribution >= 0.6 is 0 Å². The lowest BCUT2D eigenvalue weighted by Crippen LogP contribution is -2.36. The maximum atomic E-state index is 12.9. The Morgan fingerprint density at radius 1 is 1.08 bits per heavy atom. The van der Waals surface area contributed by atoms with E-state index < -0.39 is 0 Å². The number of carbonyl (C=O) groups is 1. The molecule has 0 aliphatic carbocycles. The highest BCUT2D eigenvalue weighted by Crippen LogP contribution is 2.26. The van der Waals surface area contributed by atoms with Gasteiger partial charge in [-0.2, -0.15) is 0 Å². The number of fused-ring (bicyclic) bond motifs is 1.